The van der Waals surface area contributed by atoms with E-state index in [9.17, 15) is 18.0 Å². The Morgan fingerprint density at radius 2 is 1.94 bits per heavy atom. The largest absolute Gasteiger partial charge is 0.444 e. The van der Waals surface area contributed by atoms with Crippen molar-refractivity contribution in [2.75, 3.05) is 25.0 Å². The summed E-state index contributed by atoms with van der Waals surface area (Å²) in [5, 5.41) is -0.237. The molecule has 3 rings (SSSR count). The van der Waals surface area contributed by atoms with Gasteiger partial charge in [-0.05, 0) is 60.8 Å². The van der Waals surface area contributed by atoms with Crippen LogP contribution in [0.25, 0.3) is 10.9 Å². The van der Waals surface area contributed by atoms with Gasteiger partial charge in [0, 0.05) is 31.6 Å². The van der Waals surface area contributed by atoms with Crippen LogP contribution in [0.5, 0.6) is 0 Å². The van der Waals surface area contributed by atoms with Gasteiger partial charge in [0.25, 0.3) is 0 Å². The summed E-state index contributed by atoms with van der Waals surface area (Å²) in [6, 6.07) is 0.743. The van der Waals surface area contributed by atoms with Crippen molar-refractivity contribution in [2.24, 2.45) is 0 Å². The first kappa shape index (κ1) is 24.1. The van der Waals surface area contributed by atoms with Crippen molar-refractivity contribution in [1.29, 1.82) is 0 Å². The molecular formula is C19H20BrCl2F3N4O2. The van der Waals surface area contributed by atoms with Crippen LogP contribution in [0, 0.1) is 0 Å². The molecule has 6 nitrogen and oxygen atoms in total. The molecule has 2 aromatic rings. The minimum absolute atomic E-state index is 0.102. The number of likely N-dealkylation sites (N-methyl/N-ethyl adjacent to an activating group) is 1. The number of anilines is 1. The molecule has 31 heavy (non-hydrogen) atoms. The molecule has 1 aromatic heterocycles. The molecule has 0 unspecified atom stereocenters. The Morgan fingerprint density at radius 1 is 1.29 bits per heavy atom. The minimum atomic E-state index is -4.63. The van der Waals surface area contributed by atoms with E-state index in [0.29, 0.717) is 19.5 Å². The summed E-state index contributed by atoms with van der Waals surface area (Å²) < 4.78 is 45.6. The van der Waals surface area contributed by atoms with Crippen LogP contribution in [0.15, 0.2) is 10.5 Å². The Morgan fingerprint density at radius 3 is 2.52 bits per heavy atom. The third-order valence-electron chi connectivity index (χ3n) is 4.83. The van der Waals surface area contributed by atoms with E-state index in [-0.39, 0.29) is 37.5 Å². The Bertz CT molecular complexity index is 1030. The van der Waals surface area contributed by atoms with Crippen molar-refractivity contribution in [3.8, 4) is 0 Å². The highest BCUT2D eigenvalue weighted by molar-refractivity contribution is 9.10. The lowest BCUT2D eigenvalue weighted by atomic mass is 10.1. The summed E-state index contributed by atoms with van der Waals surface area (Å²) in [5.74, 6) is 0.200. The summed E-state index contributed by atoms with van der Waals surface area (Å²) in [7, 11) is 1.69. The van der Waals surface area contributed by atoms with E-state index < -0.39 is 23.4 Å². The van der Waals surface area contributed by atoms with Gasteiger partial charge in [0.1, 0.15) is 11.4 Å². The maximum Gasteiger partial charge on any atom is 0.417 e. The maximum absolute atomic E-state index is 13.5. The van der Waals surface area contributed by atoms with Crippen LogP contribution >= 0.6 is 39.1 Å². The number of carbonyl (C=O) groups excluding carboxylic acids is 1. The fourth-order valence-electron chi connectivity index (χ4n) is 3.36. The van der Waals surface area contributed by atoms with Crippen LogP contribution < -0.4 is 4.90 Å². The van der Waals surface area contributed by atoms with E-state index in [1.165, 1.54) is 0 Å². The van der Waals surface area contributed by atoms with Crippen molar-refractivity contribution >= 4 is 61.9 Å². The van der Waals surface area contributed by atoms with Gasteiger partial charge in [0.2, 0.25) is 5.28 Å². The number of rotatable bonds is 2. The molecule has 1 amide bonds. The number of halogens is 6. The summed E-state index contributed by atoms with van der Waals surface area (Å²) in [6.45, 7) is 6.10. The second-order valence-electron chi connectivity index (χ2n) is 8.24. The zero-order valence-electron chi connectivity index (χ0n) is 17.1. The van der Waals surface area contributed by atoms with E-state index in [0.717, 1.165) is 6.07 Å². The third-order valence-corrected chi connectivity index (χ3v) is 6.42. The number of fused-ring (bicyclic) bond motifs is 1. The van der Waals surface area contributed by atoms with Gasteiger partial charge in [-0.25, -0.2) is 9.78 Å². The van der Waals surface area contributed by atoms with Gasteiger partial charge >= 0.3 is 12.3 Å². The summed E-state index contributed by atoms with van der Waals surface area (Å²) in [6.07, 6.45) is -4.50. The van der Waals surface area contributed by atoms with Crippen molar-refractivity contribution in [3.63, 3.8) is 0 Å². The molecule has 0 bridgehead atoms. The predicted molar refractivity (Wildman–Crippen MR) is 117 cm³/mol. The van der Waals surface area contributed by atoms with E-state index in [1.54, 1.807) is 37.6 Å². The predicted octanol–water partition coefficient (Wildman–Crippen LogP) is 6.16. The Hall–Kier alpha value is -1.52. The molecule has 1 fully saturated rings. The van der Waals surface area contributed by atoms with Gasteiger partial charge in [-0.15, -0.1) is 0 Å². The Kier molecular flexibility index (Phi) is 6.57. The number of nitrogens with zero attached hydrogens (tertiary/aromatic N) is 4. The average Bonchev–Trinajstić information content (AvgIpc) is 3.12. The first-order chi connectivity index (χ1) is 14.2. The van der Waals surface area contributed by atoms with E-state index in [4.69, 9.17) is 27.9 Å². The van der Waals surface area contributed by atoms with Crippen molar-refractivity contribution in [2.45, 2.75) is 45.0 Å². The number of amides is 1. The van der Waals surface area contributed by atoms with Crippen LogP contribution in [0.2, 0.25) is 10.3 Å². The highest BCUT2D eigenvalue weighted by atomic mass is 79.9. The minimum Gasteiger partial charge on any atom is -0.444 e. The standard InChI is InChI=1S/C19H20BrCl2F3N4O2/c1-18(2,3)31-17(30)29-6-5-9(8-29)28(4)15-10-7-11(19(23,24)25)12(20)13(21)14(10)26-16(22)27-15/h7,9H,5-6,8H2,1-4H3/t9-/m1/s1. The van der Waals surface area contributed by atoms with E-state index in [1.807, 2.05) is 0 Å². The SMILES string of the molecule is CN(c1nc(Cl)nc2c(Cl)c(Br)c(C(F)(F)F)cc12)[C@@H]1CCN(C(=O)OC(C)(C)C)C1. The molecule has 1 aliphatic heterocycles. The molecular weight excluding hydrogens is 524 g/mol. The number of benzene rings is 1. The Labute approximate surface area is 195 Å². The molecule has 12 heteroatoms. The van der Waals surface area contributed by atoms with Crippen molar-refractivity contribution < 1.29 is 22.7 Å². The molecule has 1 aromatic carbocycles. The van der Waals surface area contributed by atoms with Crippen LogP contribution in [0.4, 0.5) is 23.8 Å². The highest BCUT2D eigenvalue weighted by Gasteiger charge is 2.37. The number of aromatic nitrogens is 2. The third kappa shape index (κ3) is 5.12. The lowest BCUT2D eigenvalue weighted by Crippen LogP contribution is -2.39. The molecule has 1 atom stereocenters. The first-order valence-electron chi connectivity index (χ1n) is 9.32. The average molecular weight is 544 g/mol. The fourth-order valence-corrected chi connectivity index (χ4v) is 4.30. The topological polar surface area (TPSA) is 58.6 Å². The normalized spacial score (nSPS) is 17.4. The van der Waals surface area contributed by atoms with Crippen LogP contribution in [-0.4, -0.2) is 52.7 Å². The molecule has 0 saturated carbocycles. The smallest absolute Gasteiger partial charge is 0.417 e. The van der Waals surface area contributed by atoms with Crippen LogP contribution in [0.1, 0.15) is 32.8 Å². The van der Waals surface area contributed by atoms with Crippen molar-refractivity contribution in [1.82, 2.24) is 14.9 Å². The monoisotopic (exact) mass is 542 g/mol. The van der Waals surface area contributed by atoms with E-state index >= 15 is 0 Å². The van der Waals surface area contributed by atoms with Crippen molar-refractivity contribution in [3.05, 3.63) is 26.4 Å². The molecule has 0 N–H and O–H groups in total. The van der Waals surface area contributed by atoms with Gasteiger partial charge in [0.05, 0.1) is 20.6 Å². The maximum atomic E-state index is 13.5. The van der Waals surface area contributed by atoms with Gasteiger partial charge in [-0.1, -0.05) is 11.6 Å². The quantitative estimate of drug-likeness (QED) is 0.424. The zero-order valence-corrected chi connectivity index (χ0v) is 20.2. The molecule has 0 aliphatic carbocycles. The zero-order chi connectivity index (χ0) is 23.3. The lowest BCUT2D eigenvalue weighted by molar-refractivity contribution is -0.138. The number of alkyl halides is 3. The number of likely N-dealkylation sites (tertiary alicyclic amines) is 1. The molecule has 1 aliphatic rings. The number of hydrogen-bond donors (Lipinski definition) is 0. The van der Waals surface area contributed by atoms with Gasteiger partial charge in [-0.3, -0.25) is 0 Å². The fraction of sp³-hybridized carbons (Fsp3) is 0.526. The first-order valence-corrected chi connectivity index (χ1v) is 10.9. The van der Waals surface area contributed by atoms with Gasteiger partial charge in [0.15, 0.2) is 0 Å². The van der Waals surface area contributed by atoms with Gasteiger partial charge < -0.3 is 14.5 Å². The second-order valence-corrected chi connectivity index (χ2v) is 9.75. The molecule has 170 valence electrons. The number of carbonyl (C=O) groups is 1. The second kappa shape index (κ2) is 8.44. The van der Waals surface area contributed by atoms with E-state index in [2.05, 4.69) is 25.9 Å². The number of ether oxygens (including phenoxy) is 1. The highest BCUT2D eigenvalue weighted by Crippen LogP contribution is 2.44. The van der Waals surface area contributed by atoms with Crippen LogP contribution in [-0.2, 0) is 10.9 Å². The summed E-state index contributed by atoms with van der Waals surface area (Å²) >= 11 is 15.1. The number of hydrogen-bond acceptors (Lipinski definition) is 5. The lowest BCUT2D eigenvalue weighted by Gasteiger charge is -2.28. The van der Waals surface area contributed by atoms with Crippen LogP contribution in [0.3, 0.4) is 0 Å². The molecule has 1 saturated heterocycles. The van der Waals surface area contributed by atoms with Gasteiger partial charge in [-0.2, -0.15) is 18.2 Å². The molecule has 0 spiro atoms. The molecule has 2 heterocycles. The Balaban J connectivity index is 1.99. The summed E-state index contributed by atoms with van der Waals surface area (Å²) in [5.41, 5.74) is -1.46. The molecule has 0 radical (unpaired) electrons. The summed E-state index contributed by atoms with van der Waals surface area (Å²) in [4.78, 5) is 23.8.